The summed E-state index contributed by atoms with van der Waals surface area (Å²) in [5.41, 5.74) is -1.03. The molecule has 0 amide bonds. The normalized spacial score (nSPS) is 23.8. The van der Waals surface area contributed by atoms with Crippen LogP contribution in [0.5, 0.6) is 0 Å². The summed E-state index contributed by atoms with van der Waals surface area (Å²) in [6.07, 6.45) is 3.39. The molecule has 2 unspecified atom stereocenters. The minimum atomic E-state index is -0.577. The zero-order valence-corrected chi connectivity index (χ0v) is 8.54. The summed E-state index contributed by atoms with van der Waals surface area (Å²) in [6, 6.07) is 0.337. The van der Waals surface area contributed by atoms with Gasteiger partial charge in [-0.1, -0.05) is 13.3 Å². The highest BCUT2D eigenvalue weighted by Gasteiger charge is 2.36. The summed E-state index contributed by atoms with van der Waals surface area (Å²) in [5, 5.41) is 8.88. The fourth-order valence-corrected chi connectivity index (χ4v) is 1.74. The zero-order valence-electron chi connectivity index (χ0n) is 8.54. The lowest BCUT2D eigenvalue weighted by atomic mass is 10.2. The van der Waals surface area contributed by atoms with E-state index in [1.54, 1.807) is 0 Å². The van der Waals surface area contributed by atoms with Crippen LogP contribution < -0.4 is 16.6 Å². The number of rotatable bonds is 4. The number of aromatic amines is 2. The third-order valence-corrected chi connectivity index (χ3v) is 2.62. The van der Waals surface area contributed by atoms with Gasteiger partial charge in [0.1, 0.15) is 0 Å². The van der Waals surface area contributed by atoms with Crippen LogP contribution in [0.1, 0.15) is 26.2 Å². The van der Waals surface area contributed by atoms with Crippen LogP contribution in [0.15, 0.2) is 9.59 Å². The molecule has 82 valence electrons. The average molecular weight is 210 g/mol. The highest BCUT2D eigenvalue weighted by molar-refractivity contribution is 5.33. The van der Waals surface area contributed by atoms with E-state index >= 15 is 0 Å². The zero-order chi connectivity index (χ0) is 10.8. The second-order valence-corrected chi connectivity index (χ2v) is 3.89. The first-order valence-corrected chi connectivity index (χ1v) is 5.16. The molecular formula is C9H14N4O2. The molecule has 1 aromatic rings. The third kappa shape index (κ3) is 2.26. The minimum absolute atomic E-state index is 0.207. The van der Waals surface area contributed by atoms with Crippen LogP contribution in [0.2, 0.25) is 0 Å². The molecule has 3 N–H and O–H groups in total. The van der Waals surface area contributed by atoms with Gasteiger partial charge in [0.05, 0.1) is 0 Å². The highest BCUT2D eigenvalue weighted by Crippen LogP contribution is 2.36. The van der Waals surface area contributed by atoms with E-state index in [4.69, 9.17) is 0 Å². The highest BCUT2D eigenvalue weighted by atomic mass is 16.2. The summed E-state index contributed by atoms with van der Waals surface area (Å²) < 4.78 is 0. The lowest BCUT2D eigenvalue weighted by Gasteiger charge is -2.01. The molecule has 1 fully saturated rings. The Kier molecular flexibility index (Phi) is 2.57. The van der Waals surface area contributed by atoms with E-state index in [0.717, 1.165) is 12.8 Å². The summed E-state index contributed by atoms with van der Waals surface area (Å²) >= 11 is 0. The smallest absolute Gasteiger partial charge is 0.342 e. The summed E-state index contributed by atoms with van der Waals surface area (Å²) in [7, 11) is 0. The van der Waals surface area contributed by atoms with E-state index in [1.807, 2.05) is 0 Å². The van der Waals surface area contributed by atoms with Crippen molar-refractivity contribution in [2.24, 2.45) is 5.92 Å². The van der Waals surface area contributed by atoms with Gasteiger partial charge in [-0.3, -0.25) is 9.78 Å². The molecule has 0 aromatic carbocycles. The minimum Gasteiger partial charge on any atom is -0.361 e. The Hall–Kier alpha value is -1.59. The summed E-state index contributed by atoms with van der Waals surface area (Å²) in [6.45, 7) is 2.14. The van der Waals surface area contributed by atoms with Gasteiger partial charge in [-0.25, -0.2) is 9.89 Å². The largest absolute Gasteiger partial charge is 0.361 e. The monoisotopic (exact) mass is 210 g/mol. The molecular weight excluding hydrogens is 196 g/mol. The van der Waals surface area contributed by atoms with Gasteiger partial charge < -0.3 is 5.32 Å². The van der Waals surface area contributed by atoms with E-state index in [1.165, 1.54) is 6.42 Å². The lowest BCUT2D eigenvalue weighted by molar-refractivity contribution is 0.690. The fraction of sp³-hybridized carbons (Fsp3) is 0.667. The number of aromatic nitrogens is 3. The van der Waals surface area contributed by atoms with Gasteiger partial charge in [-0.05, 0) is 18.8 Å². The molecule has 1 aromatic heterocycles. The van der Waals surface area contributed by atoms with Gasteiger partial charge in [0, 0.05) is 6.04 Å². The van der Waals surface area contributed by atoms with Crippen LogP contribution in [0.3, 0.4) is 0 Å². The van der Waals surface area contributed by atoms with Crippen molar-refractivity contribution in [3.63, 3.8) is 0 Å². The summed E-state index contributed by atoms with van der Waals surface area (Å²) in [4.78, 5) is 24.1. The molecule has 1 saturated carbocycles. The number of nitrogens with one attached hydrogen (secondary N) is 3. The van der Waals surface area contributed by atoms with Gasteiger partial charge in [0.2, 0.25) is 5.82 Å². The Morgan fingerprint density at radius 2 is 2.33 bits per heavy atom. The number of nitrogens with zero attached hydrogens (tertiary/aromatic N) is 1. The molecule has 2 rings (SSSR count). The second kappa shape index (κ2) is 3.88. The Morgan fingerprint density at radius 1 is 1.53 bits per heavy atom. The topological polar surface area (TPSA) is 90.6 Å². The summed E-state index contributed by atoms with van der Waals surface area (Å²) in [5.74, 6) is 0.848. The van der Waals surface area contributed by atoms with E-state index in [2.05, 4.69) is 27.4 Å². The van der Waals surface area contributed by atoms with Gasteiger partial charge in [0.25, 0.3) is 5.56 Å². The first-order chi connectivity index (χ1) is 7.20. The molecule has 1 heterocycles. The van der Waals surface area contributed by atoms with Crippen LogP contribution in [0, 0.1) is 5.92 Å². The van der Waals surface area contributed by atoms with Crippen LogP contribution in [0.25, 0.3) is 0 Å². The number of H-pyrrole nitrogens is 2. The molecule has 1 aliphatic rings. The Labute approximate surface area is 86.1 Å². The number of hydrogen-bond acceptors (Lipinski definition) is 4. The SMILES string of the molecule is CCCC1CC1Nc1n[nH]c(=O)[nH]c1=O. The first kappa shape index (κ1) is 9.95. The van der Waals surface area contributed by atoms with Crippen LogP contribution in [-0.2, 0) is 0 Å². The maximum absolute atomic E-state index is 11.3. The van der Waals surface area contributed by atoms with Crippen LogP contribution in [0.4, 0.5) is 5.82 Å². The molecule has 0 saturated heterocycles. The number of anilines is 1. The van der Waals surface area contributed by atoms with E-state index in [0.29, 0.717) is 12.0 Å². The van der Waals surface area contributed by atoms with Gasteiger partial charge in [-0.2, -0.15) is 0 Å². The number of hydrogen-bond donors (Lipinski definition) is 3. The van der Waals surface area contributed by atoms with Crippen LogP contribution >= 0.6 is 0 Å². The van der Waals surface area contributed by atoms with Crippen molar-refractivity contribution in [2.75, 3.05) is 5.32 Å². The second-order valence-electron chi connectivity index (χ2n) is 3.89. The lowest BCUT2D eigenvalue weighted by Crippen LogP contribution is -2.27. The van der Waals surface area contributed by atoms with E-state index in [9.17, 15) is 9.59 Å². The molecule has 0 bridgehead atoms. The molecule has 6 heteroatoms. The molecule has 0 radical (unpaired) electrons. The Morgan fingerprint density at radius 3 is 3.00 bits per heavy atom. The predicted molar refractivity (Wildman–Crippen MR) is 55.9 cm³/mol. The van der Waals surface area contributed by atoms with Gasteiger partial charge in [0.15, 0.2) is 0 Å². The van der Waals surface area contributed by atoms with Gasteiger partial charge in [-0.15, -0.1) is 5.10 Å². The molecule has 0 aliphatic heterocycles. The molecule has 0 spiro atoms. The fourth-order valence-electron chi connectivity index (χ4n) is 1.74. The van der Waals surface area contributed by atoms with Crippen molar-refractivity contribution in [2.45, 2.75) is 32.2 Å². The van der Waals surface area contributed by atoms with E-state index < -0.39 is 11.2 Å². The quantitative estimate of drug-likeness (QED) is 0.655. The van der Waals surface area contributed by atoms with E-state index in [-0.39, 0.29) is 5.82 Å². The van der Waals surface area contributed by atoms with Gasteiger partial charge >= 0.3 is 5.69 Å². The predicted octanol–water partition coefficient (Wildman–Crippen LogP) is 0.0587. The first-order valence-electron chi connectivity index (χ1n) is 5.16. The molecule has 15 heavy (non-hydrogen) atoms. The van der Waals surface area contributed by atoms with Crippen molar-refractivity contribution < 1.29 is 0 Å². The van der Waals surface area contributed by atoms with Crippen molar-refractivity contribution in [1.29, 1.82) is 0 Å². The molecule has 2 atom stereocenters. The maximum atomic E-state index is 11.3. The van der Waals surface area contributed by atoms with Crippen molar-refractivity contribution in [1.82, 2.24) is 15.2 Å². The molecule has 6 nitrogen and oxygen atoms in total. The van der Waals surface area contributed by atoms with Crippen molar-refractivity contribution in [3.05, 3.63) is 20.8 Å². The van der Waals surface area contributed by atoms with Crippen molar-refractivity contribution >= 4 is 5.82 Å². The Bertz CT molecular complexity index is 450. The third-order valence-electron chi connectivity index (χ3n) is 2.62. The standard InChI is InChI=1S/C9H14N4O2/c1-2-3-5-4-6(5)10-7-8(14)11-9(15)13-12-7/h5-6H,2-4H2,1H3,(H,10,12)(H2,11,13,14,15). The van der Waals surface area contributed by atoms with Crippen molar-refractivity contribution in [3.8, 4) is 0 Å². The molecule has 1 aliphatic carbocycles. The maximum Gasteiger partial charge on any atom is 0.342 e. The average Bonchev–Trinajstić information content (AvgIpc) is 2.90. The Balaban J connectivity index is 2.01. The van der Waals surface area contributed by atoms with Crippen LogP contribution in [-0.4, -0.2) is 21.2 Å².